The van der Waals surface area contributed by atoms with Gasteiger partial charge in [-0.15, -0.1) is 0 Å². The Hall–Kier alpha value is -1.84. The molecule has 3 nitrogen and oxygen atoms in total. The van der Waals surface area contributed by atoms with E-state index < -0.39 is 0 Å². The molecule has 0 atom stereocenters. The lowest BCUT2D eigenvalue weighted by molar-refractivity contribution is 0.0485. The van der Waals surface area contributed by atoms with Crippen molar-refractivity contribution in [2.45, 2.75) is 25.2 Å². The molecule has 0 aliphatic carbocycles. The second-order valence-electron chi connectivity index (χ2n) is 6.37. The second kappa shape index (κ2) is 7.37. The molecule has 2 aromatic carbocycles. The van der Waals surface area contributed by atoms with E-state index in [4.69, 9.17) is 16.3 Å². The fourth-order valence-electron chi connectivity index (χ4n) is 3.46. The first kappa shape index (κ1) is 17.0. The maximum atomic E-state index is 12.5. The average Bonchev–Trinajstić information content (AvgIpc) is 2.61. The van der Waals surface area contributed by atoms with Crippen LogP contribution in [0, 0.1) is 6.92 Å². The molecule has 0 saturated carbocycles. The molecular formula is C20H22ClNO2. The Morgan fingerprint density at radius 2 is 1.79 bits per heavy atom. The predicted octanol–water partition coefficient (Wildman–Crippen LogP) is 4.13. The Balaban J connectivity index is 1.82. The Bertz CT molecular complexity index is 723. The van der Waals surface area contributed by atoms with Gasteiger partial charge in [0.25, 0.3) is 5.91 Å². The van der Waals surface area contributed by atoms with Gasteiger partial charge in [0, 0.05) is 25.2 Å². The molecule has 0 aromatic heterocycles. The maximum absolute atomic E-state index is 12.5. The van der Waals surface area contributed by atoms with Crippen molar-refractivity contribution in [2.75, 3.05) is 19.8 Å². The number of carbonyl (C=O) groups is 1. The molecule has 24 heavy (non-hydrogen) atoms. The summed E-state index contributed by atoms with van der Waals surface area (Å²) in [6, 6.07) is 15.6. The smallest absolute Gasteiger partial charge is 0.252 e. The summed E-state index contributed by atoms with van der Waals surface area (Å²) < 4.78 is 5.56. The number of rotatable bonds is 4. The van der Waals surface area contributed by atoms with Crippen molar-refractivity contribution in [1.82, 2.24) is 5.32 Å². The van der Waals surface area contributed by atoms with Crippen LogP contribution in [0.3, 0.4) is 0 Å². The molecule has 4 heteroatoms. The van der Waals surface area contributed by atoms with Crippen LogP contribution in [0.15, 0.2) is 48.5 Å². The van der Waals surface area contributed by atoms with E-state index in [9.17, 15) is 4.79 Å². The number of carbonyl (C=O) groups excluding carboxylic acids is 1. The standard InChI is InChI=1S/C20H22ClNO2/c1-15-6-2-4-8-17(15)20(10-12-24-13-11-20)14-22-19(23)16-7-3-5-9-18(16)21/h2-9H,10-14H2,1H3,(H,22,23). The van der Waals surface area contributed by atoms with Gasteiger partial charge in [-0.2, -0.15) is 0 Å². The highest BCUT2D eigenvalue weighted by atomic mass is 35.5. The van der Waals surface area contributed by atoms with Crippen molar-refractivity contribution >= 4 is 17.5 Å². The molecule has 1 saturated heterocycles. The number of amides is 1. The van der Waals surface area contributed by atoms with Crippen LogP contribution in [0.4, 0.5) is 0 Å². The molecule has 1 amide bonds. The summed E-state index contributed by atoms with van der Waals surface area (Å²) in [6.45, 7) is 4.15. The monoisotopic (exact) mass is 343 g/mol. The van der Waals surface area contributed by atoms with Crippen LogP contribution in [-0.2, 0) is 10.2 Å². The van der Waals surface area contributed by atoms with Crippen LogP contribution in [0.1, 0.15) is 34.3 Å². The largest absolute Gasteiger partial charge is 0.381 e. The van der Waals surface area contributed by atoms with Crippen molar-refractivity contribution < 1.29 is 9.53 Å². The predicted molar refractivity (Wildman–Crippen MR) is 96.7 cm³/mol. The average molecular weight is 344 g/mol. The number of ether oxygens (including phenoxy) is 1. The minimum atomic E-state index is -0.125. The molecule has 1 N–H and O–H groups in total. The Morgan fingerprint density at radius 3 is 2.50 bits per heavy atom. The first-order valence-corrected chi connectivity index (χ1v) is 8.67. The molecule has 126 valence electrons. The summed E-state index contributed by atoms with van der Waals surface area (Å²) in [7, 11) is 0. The summed E-state index contributed by atoms with van der Waals surface area (Å²) in [5.74, 6) is -0.125. The summed E-state index contributed by atoms with van der Waals surface area (Å²) in [5.41, 5.74) is 2.99. The normalized spacial score (nSPS) is 16.6. The highest BCUT2D eigenvalue weighted by Crippen LogP contribution is 2.36. The lowest BCUT2D eigenvalue weighted by Gasteiger charge is -2.39. The molecule has 1 fully saturated rings. The van der Waals surface area contributed by atoms with Gasteiger partial charge in [-0.3, -0.25) is 4.79 Å². The van der Waals surface area contributed by atoms with Crippen LogP contribution in [-0.4, -0.2) is 25.7 Å². The highest BCUT2D eigenvalue weighted by molar-refractivity contribution is 6.33. The SMILES string of the molecule is Cc1ccccc1C1(CNC(=O)c2ccccc2Cl)CCOCC1. The Labute approximate surface area is 148 Å². The van der Waals surface area contributed by atoms with E-state index in [1.807, 2.05) is 18.2 Å². The number of halogens is 1. The van der Waals surface area contributed by atoms with Crippen molar-refractivity contribution in [3.8, 4) is 0 Å². The van der Waals surface area contributed by atoms with Gasteiger partial charge in [0.2, 0.25) is 0 Å². The second-order valence-corrected chi connectivity index (χ2v) is 6.78. The van der Waals surface area contributed by atoms with Crippen molar-refractivity contribution in [1.29, 1.82) is 0 Å². The van der Waals surface area contributed by atoms with Crippen molar-refractivity contribution in [2.24, 2.45) is 0 Å². The van der Waals surface area contributed by atoms with Gasteiger partial charge in [0.05, 0.1) is 10.6 Å². The highest BCUT2D eigenvalue weighted by Gasteiger charge is 2.36. The topological polar surface area (TPSA) is 38.3 Å². The lowest BCUT2D eigenvalue weighted by Crippen LogP contribution is -2.45. The van der Waals surface area contributed by atoms with Gasteiger partial charge in [0.15, 0.2) is 0 Å². The van der Waals surface area contributed by atoms with E-state index >= 15 is 0 Å². The molecule has 1 aliphatic heterocycles. The van der Waals surface area contributed by atoms with E-state index in [1.165, 1.54) is 11.1 Å². The molecule has 1 heterocycles. The number of benzene rings is 2. The molecule has 0 spiro atoms. The van der Waals surface area contributed by atoms with E-state index in [0.29, 0.717) is 17.1 Å². The molecular weight excluding hydrogens is 322 g/mol. The number of hydrogen-bond donors (Lipinski definition) is 1. The Kier molecular flexibility index (Phi) is 5.22. The van der Waals surface area contributed by atoms with E-state index in [1.54, 1.807) is 12.1 Å². The molecule has 0 bridgehead atoms. The summed E-state index contributed by atoms with van der Waals surface area (Å²) in [5, 5.41) is 3.58. The molecule has 3 rings (SSSR count). The third kappa shape index (κ3) is 3.47. The van der Waals surface area contributed by atoms with E-state index in [2.05, 4.69) is 30.4 Å². The lowest BCUT2D eigenvalue weighted by atomic mass is 9.72. The summed E-state index contributed by atoms with van der Waals surface area (Å²) >= 11 is 6.14. The zero-order valence-electron chi connectivity index (χ0n) is 13.8. The van der Waals surface area contributed by atoms with Gasteiger partial charge in [-0.1, -0.05) is 48.0 Å². The number of nitrogens with one attached hydrogen (secondary N) is 1. The van der Waals surface area contributed by atoms with E-state index in [0.717, 1.165) is 26.1 Å². The van der Waals surface area contributed by atoms with Crippen molar-refractivity contribution in [3.63, 3.8) is 0 Å². The minimum Gasteiger partial charge on any atom is -0.381 e. The molecule has 0 radical (unpaired) electrons. The first-order chi connectivity index (χ1) is 11.6. The van der Waals surface area contributed by atoms with Crippen LogP contribution in [0.5, 0.6) is 0 Å². The quantitative estimate of drug-likeness (QED) is 0.906. The number of hydrogen-bond acceptors (Lipinski definition) is 2. The maximum Gasteiger partial charge on any atom is 0.252 e. The third-order valence-corrected chi connectivity index (χ3v) is 5.20. The van der Waals surface area contributed by atoms with Gasteiger partial charge in [-0.25, -0.2) is 0 Å². The third-order valence-electron chi connectivity index (χ3n) is 4.87. The van der Waals surface area contributed by atoms with E-state index in [-0.39, 0.29) is 11.3 Å². The molecule has 1 aliphatic rings. The van der Waals surface area contributed by atoms with Gasteiger partial charge >= 0.3 is 0 Å². The van der Waals surface area contributed by atoms with Gasteiger partial charge in [0.1, 0.15) is 0 Å². The Morgan fingerprint density at radius 1 is 1.12 bits per heavy atom. The van der Waals surface area contributed by atoms with Crippen LogP contribution >= 0.6 is 11.6 Å². The van der Waals surface area contributed by atoms with Crippen LogP contribution in [0.2, 0.25) is 5.02 Å². The fraction of sp³-hybridized carbons (Fsp3) is 0.350. The first-order valence-electron chi connectivity index (χ1n) is 8.29. The van der Waals surface area contributed by atoms with Gasteiger partial charge < -0.3 is 10.1 Å². The zero-order valence-corrected chi connectivity index (χ0v) is 14.6. The summed E-state index contributed by atoms with van der Waals surface area (Å²) in [6.07, 6.45) is 1.81. The molecule has 0 unspecified atom stereocenters. The zero-order chi connectivity index (χ0) is 17.0. The summed E-state index contributed by atoms with van der Waals surface area (Å²) in [4.78, 5) is 12.5. The van der Waals surface area contributed by atoms with Gasteiger partial charge in [-0.05, 0) is 43.0 Å². The van der Waals surface area contributed by atoms with Crippen LogP contribution in [0.25, 0.3) is 0 Å². The number of aryl methyl sites for hydroxylation is 1. The molecule has 2 aromatic rings. The van der Waals surface area contributed by atoms with Crippen LogP contribution < -0.4 is 5.32 Å². The minimum absolute atomic E-state index is 0.0828. The fourth-order valence-corrected chi connectivity index (χ4v) is 3.68. The van der Waals surface area contributed by atoms with Crippen molar-refractivity contribution in [3.05, 3.63) is 70.2 Å².